The largest absolute Gasteiger partial charge is 0.496 e. The molecule has 52 heavy (non-hydrogen) atoms. The molecule has 5 aliphatic carbocycles. The summed E-state index contributed by atoms with van der Waals surface area (Å²) in [4.78, 5) is 42.8. The van der Waals surface area contributed by atoms with Crippen LogP contribution in [0.25, 0.3) is 16.9 Å². The highest BCUT2D eigenvalue weighted by atomic mass is 16.5. The third kappa shape index (κ3) is 6.57. The number of hydrogen-bond donors (Lipinski definition) is 3. The number of nitrogens with one attached hydrogen (secondary N) is 2. The van der Waals surface area contributed by atoms with Gasteiger partial charge in [0.2, 0.25) is 5.91 Å². The number of methoxy groups -OCH3 is 2. The van der Waals surface area contributed by atoms with E-state index >= 15 is 0 Å². The number of nitrogens with zero attached hydrogens (tertiary/aromatic N) is 3. The predicted octanol–water partition coefficient (Wildman–Crippen LogP) is 6.89. The van der Waals surface area contributed by atoms with Crippen molar-refractivity contribution in [2.45, 2.75) is 89.5 Å². The van der Waals surface area contributed by atoms with Gasteiger partial charge < -0.3 is 30.1 Å². The molecule has 5 saturated carbocycles. The van der Waals surface area contributed by atoms with E-state index < -0.39 is 17.4 Å². The molecule has 0 aliphatic heterocycles. The smallest absolute Gasteiger partial charge is 0.330 e. The fraction of sp³-hybridized carbons (Fsp3) is 0.561. The Balaban J connectivity index is 1.30. The van der Waals surface area contributed by atoms with Gasteiger partial charge >= 0.3 is 5.97 Å². The van der Waals surface area contributed by atoms with E-state index in [1.807, 2.05) is 30.3 Å². The van der Waals surface area contributed by atoms with Crippen molar-refractivity contribution in [3.05, 3.63) is 53.7 Å². The quantitative estimate of drug-likeness (QED) is 0.165. The second kappa shape index (κ2) is 14.9. The molecule has 1 heterocycles. The first kappa shape index (κ1) is 36.0. The van der Waals surface area contributed by atoms with Crippen molar-refractivity contribution in [1.29, 1.82) is 0 Å². The molecule has 3 N–H and O–H groups in total. The van der Waals surface area contributed by atoms with Crippen LogP contribution in [0.5, 0.6) is 11.5 Å². The van der Waals surface area contributed by atoms with Crippen LogP contribution in [0.15, 0.2) is 42.5 Å². The zero-order chi connectivity index (χ0) is 36.6. The maximum absolute atomic E-state index is 14.4. The van der Waals surface area contributed by atoms with Crippen LogP contribution in [-0.4, -0.2) is 77.0 Å². The Hall–Kier alpha value is -4.38. The molecular weight excluding hydrogens is 658 g/mol. The Morgan fingerprint density at radius 2 is 1.56 bits per heavy atom. The van der Waals surface area contributed by atoms with Gasteiger partial charge in [-0.1, -0.05) is 32.8 Å². The number of hydrogen-bond acceptors (Lipinski definition) is 7. The van der Waals surface area contributed by atoms with Crippen molar-refractivity contribution in [2.24, 2.45) is 23.7 Å². The normalized spacial score (nSPS) is 25.0. The fourth-order valence-electron chi connectivity index (χ4n) is 10.2. The van der Waals surface area contributed by atoms with Gasteiger partial charge in [-0.3, -0.25) is 9.59 Å². The number of ether oxygens (including phenoxy) is 2. The van der Waals surface area contributed by atoms with Crippen molar-refractivity contribution < 1.29 is 29.0 Å². The van der Waals surface area contributed by atoms with Gasteiger partial charge in [0.25, 0.3) is 5.91 Å². The van der Waals surface area contributed by atoms with E-state index in [1.54, 1.807) is 25.0 Å². The second-order valence-corrected chi connectivity index (χ2v) is 15.4. The number of anilines is 1. The van der Waals surface area contributed by atoms with Crippen molar-refractivity contribution in [1.82, 2.24) is 20.0 Å². The zero-order valence-corrected chi connectivity index (χ0v) is 31.0. The Kier molecular flexibility index (Phi) is 10.3. The van der Waals surface area contributed by atoms with Crippen molar-refractivity contribution in [3.63, 3.8) is 0 Å². The van der Waals surface area contributed by atoms with Crippen molar-refractivity contribution in [2.75, 3.05) is 39.2 Å². The number of aliphatic carboxylic acids is 1. The van der Waals surface area contributed by atoms with Gasteiger partial charge in [0, 0.05) is 18.7 Å². The minimum Gasteiger partial charge on any atom is -0.496 e. The zero-order valence-electron chi connectivity index (χ0n) is 31.0. The predicted molar refractivity (Wildman–Crippen MR) is 199 cm³/mol. The van der Waals surface area contributed by atoms with Gasteiger partial charge in [0.05, 0.1) is 31.2 Å². The molecule has 1 aromatic heterocycles. The molecular formula is C41H53N5O6. The van der Waals surface area contributed by atoms with Gasteiger partial charge in [-0.15, -0.1) is 0 Å². The third-order valence-electron chi connectivity index (χ3n) is 12.6. The molecule has 0 saturated heterocycles. The Bertz CT molecular complexity index is 1760. The summed E-state index contributed by atoms with van der Waals surface area (Å²) in [6, 6.07) is 13.2. The average molecular weight is 712 g/mol. The third-order valence-corrected chi connectivity index (χ3v) is 12.6. The van der Waals surface area contributed by atoms with Crippen LogP contribution in [0.2, 0.25) is 0 Å². The molecule has 8 rings (SSSR count). The summed E-state index contributed by atoms with van der Waals surface area (Å²) in [7, 11) is 3.19. The van der Waals surface area contributed by atoms with Crippen LogP contribution in [0.3, 0.4) is 0 Å². The molecule has 0 spiro atoms. The molecule has 0 unspecified atom stereocenters. The van der Waals surface area contributed by atoms with E-state index in [1.165, 1.54) is 6.42 Å². The molecule has 11 heteroatoms. The van der Waals surface area contributed by atoms with Gasteiger partial charge in [-0.05, 0) is 130 Å². The van der Waals surface area contributed by atoms with Crippen molar-refractivity contribution in [3.8, 4) is 28.4 Å². The maximum atomic E-state index is 14.4. The molecule has 5 fully saturated rings. The number of benzene rings is 2. The van der Waals surface area contributed by atoms with Gasteiger partial charge in [0.15, 0.2) is 5.69 Å². The number of carboxylic acids is 1. The molecule has 2 amide bonds. The van der Waals surface area contributed by atoms with E-state index in [9.17, 15) is 19.5 Å². The van der Waals surface area contributed by atoms with Gasteiger partial charge in [-0.25, -0.2) is 9.48 Å². The monoisotopic (exact) mass is 711 g/mol. The lowest BCUT2D eigenvalue weighted by Crippen LogP contribution is -2.70. The molecule has 5 aliphatic rings. The van der Waals surface area contributed by atoms with E-state index in [4.69, 9.17) is 14.6 Å². The first-order chi connectivity index (χ1) is 25.2. The van der Waals surface area contributed by atoms with Crippen LogP contribution in [-0.2, 0) is 9.59 Å². The number of carboxylic acid groups (broad SMARTS) is 1. The lowest BCUT2D eigenvalue weighted by atomic mass is 9.48. The Labute approximate surface area is 306 Å². The SMILES string of the molecule is CCN(CC)CCC(=O)Nc1ccc(-n2nc(C(=O)NC3(C(=O)O)C4CC5CC(C4)CC3C5)cc2-c2c(OC)cccc2OC)c(C2CCCC2)c1. The second-order valence-electron chi connectivity index (χ2n) is 15.4. The fourth-order valence-corrected chi connectivity index (χ4v) is 10.2. The van der Waals surface area contributed by atoms with Crippen LogP contribution >= 0.6 is 0 Å². The molecule has 278 valence electrons. The summed E-state index contributed by atoms with van der Waals surface area (Å²) in [6.07, 6.45) is 9.12. The molecule has 0 atom stereocenters. The number of carbonyl (C=O) groups excluding carboxylic acids is 2. The standard InChI is InChI=1S/C41H53N5O6/c1-5-45(6-2)17-16-37(47)42-30-14-15-33(31(23-30)27-10-7-8-11-27)46-34(38-35(51-3)12-9-13-36(38)52-4)24-32(44-46)39(48)43-41(40(49)50)28-19-25-18-26(21-28)22-29(41)20-25/h9,12-15,23-29H,5-8,10-11,16-22H2,1-4H3,(H,42,47)(H,43,48)(H,49,50). The summed E-state index contributed by atoms with van der Waals surface area (Å²) >= 11 is 0. The molecule has 0 radical (unpaired) electrons. The summed E-state index contributed by atoms with van der Waals surface area (Å²) in [5.74, 6) is 0.757. The molecule has 11 nitrogen and oxygen atoms in total. The average Bonchev–Trinajstić information content (AvgIpc) is 3.84. The number of carbonyl (C=O) groups is 3. The number of rotatable bonds is 14. The Morgan fingerprint density at radius 3 is 2.13 bits per heavy atom. The topological polar surface area (TPSA) is 135 Å². The first-order valence-electron chi connectivity index (χ1n) is 19.2. The van der Waals surface area contributed by atoms with Crippen LogP contribution in [0.1, 0.15) is 100 Å². The summed E-state index contributed by atoms with van der Waals surface area (Å²) in [6.45, 7) is 6.68. The Morgan fingerprint density at radius 1 is 0.923 bits per heavy atom. The number of amides is 2. The van der Waals surface area contributed by atoms with E-state index in [-0.39, 0.29) is 29.4 Å². The first-order valence-corrected chi connectivity index (χ1v) is 19.2. The molecule has 3 aromatic rings. The number of aromatic nitrogens is 2. The highest BCUT2D eigenvalue weighted by Gasteiger charge is 2.62. The van der Waals surface area contributed by atoms with Crippen LogP contribution in [0.4, 0.5) is 5.69 Å². The highest BCUT2D eigenvalue weighted by Crippen LogP contribution is 2.58. The summed E-state index contributed by atoms with van der Waals surface area (Å²) in [5, 5.41) is 22.0. The molecule has 4 bridgehead atoms. The van der Waals surface area contributed by atoms with Crippen LogP contribution in [0, 0.1) is 23.7 Å². The van der Waals surface area contributed by atoms with E-state index in [0.717, 1.165) is 81.4 Å². The van der Waals surface area contributed by atoms with Crippen molar-refractivity contribution >= 4 is 23.5 Å². The lowest BCUT2D eigenvalue weighted by molar-refractivity contribution is -0.163. The maximum Gasteiger partial charge on any atom is 0.330 e. The van der Waals surface area contributed by atoms with Crippen LogP contribution < -0.4 is 20.1 Å². The minimum atomic E-state index is -1.31. The van der Waals surface area contributed by atoms with Gasteiger partial charge in [0.1, 0.15) is 17.0 Å². The minimum absolute atomic E-state index is 0.0355. The van der Waals surface area contributed by atoms with E-state index in [2.05, 4.69) is 35.4 Å². The highest BCUT2D eigenvalue weighted by molar-refractivity contribution is 5.98. The summed E-state index contributed by atoms with van der Waals surface area (Å²) < 4.78 is 13.4. The van der Waals surface area contributed by atoms with Gasteiger partial charge in [-0.2, -0.15) is 5.10 Å². The summed E-state index contributed by atoms with van der Waals surface area (Å²) in [5.41, 5.74) is 2.59. The van der Waals surface area contributed by atoms with E-state index in [0.29, 0.717) is 47.6 Å². The lowest BCUT2D eigenvalue weighted by Gasteiger charge is -2.59. The molecule has 2 aromatic carbocycles.